The Hall–Kier alpha value is -0.570. The second kappa shape index (κ2) is 6.02. The first-order chi connectivity index (χ1) is 6.39. The van der Waals surface area contributed by atoms with E-state index in [0.717, 1.165) is 6.42 Å². The number of carbonyl (C=O) groups is 1. The Kier molecular flexibility index (Phi) is 5.77. The molecule has 0 rings (SSSR count). The van der Waals surface area contributed by atoms with E-state index in [0.29, 0.717) is 13.0 Å². The van der Waals surface area contributed by atoms with Gasteiger partial charge in [0.2, 0.25) is 5.91 Å². The van der Waals surface area contributed by atoms with Gasteiger partial charge < -0.3 is 10.1 Å². The summed E-state index contributed by atoms with van der Waals surface area (Å²) in [7, 11) is 0. The van der Waals surface area contributed by atoms with Crippen molar-refractivity contribution in [3.63, 3.8) is 0 Å². The van der Waals surface area contributed by atoms with Crippen LogP contribution in [0.3, 0.4) is 0 Å². The molecule has 0 aliphatic heterocycles. The van der Waals surface area contributed by atoms with E-state index in [4.69, 9.17) is 4.74 Å². The minimum absolute atomic E-state index is 0.0292. The number of carbonyl (C=O) groups excluding carboxylic acids is 1. The molecule has 0 saturated carbocycles. The lowest BCUT2D eigenvalue weighted by Crippen LogP contribution is -2.32. The second-order valence-corrected chi connectivity index (χ2v) is 4.42. The molecule has 14 heavy (non-hydrogen) atoms. The summed E-state index contributed by atoms with van der Waals surface area (Å²) in [5.41, 5.74) is -0.173. The number of ether oxygens (including phenoxy) is 1. The van der Waals surface area contributed by atoms with Crippen molar-refractivity contribution in [2.45, 2.75) is 59.2 Å². The van der Waals surface area contributed by atoms with Gasteiger partial charge in [-0.3, -0.25) is 4.79 Å². The van der Waals surface area contributed by atoms with Crippen LogP contribution in [-0.2, 0) is 9.53 Å². The molecule has 1 atom stereocenters. The molecule has 84 valence electrons. The minimum atomic E-state index is -0.173. The van der Waals surface area contributed by atoms with E-state index in [1.807, 2.05) is 34.6 Å². The molecule has 0 saturated heterocycles. The maximum atomic E-state index is 11.3. The van der Waals surface area contributed by atoms with Crippen molar-refractivity contribution in [1.29, 1.82) is 0 Å². The van der Waals surface area contributed by atoms with Crippen LogP contribution in [-0.4, -0.2) is 24.2 Å². The zero-order chi connectivity index (χ0) is 11.2. The summed E-state index contributed by atoms with van der Waals surface area (Å²) >= 11 is 0. The van der Waals surface area contributed by atoms with E-state index < -0.39 is 0 Å². The van der Waals surface area contributed by atoms with E-state index in [9.17, 15) is 4.79 Å². The summed E-state index contributed by atoms with van der Waals surface area (Å²) in [5, 5.41) is 2.78. The van der Waals surface area contributed by atoms with Crippen molar-refractivity contribution in [3.05, 3.63) is 0 Å². The Morgan fingerprint density at radius 1 is 1.36 bits per heavy atom. The van der Waals surface area contributed by atoms with E-state index in [2.05, 4.69) is 5.32 Å². The van der Waals surface area contributed by atoms with Gasteiger partial charge >= 0.3 is 0 Å². The van der Waals surface area contributed by atoms with Crippen LogP contribution >= 0.6 is 0 Å². The van der Waals surface area contributed by atoms with Gasteiger partial charge in [0.25, 0.3) is 0 Å². The second-order valence-electron chi connectivity index (χ2n) is 4.42. The molecule has 1 unspecified atom stereocenters. The third-order valence-electron chi connectivity index (χ3n) is 1.76. The monoisotopic (exact) mass is 201 g/mol. The molecule has 1 N–H and O–H groups in total. The average Bonchev–Trinajstić information content (AvgIpc) is 2.01. The van der Waals surface area contributed by atoms with E-state index in [-0.39, 0.29) is 17.6 Å². The number of hydrogen-bond acceptors (Lipinski definition) is 2. The fraction of sp³-hybridized carbons (Fsp3) is 0.909. The Morgan fingerprint density at radius 2 is 1.93 bits per heavy atom. The van der Waals surface area contributed by atoms with Crippen LogP contribution < -0.4 is 5.32 Å². The van der Waals surface area contributed by atoms with Crippen molar-refractivity contribution in [1.82, 2.24) is 5.32 Å². The normalized spacial score (nSPS) is 13.8. The van der Waals surface area contributed by atoms with Crippen molar-refractivity contribution in [3.8, 4) is 0 Å². The van der Waals surface area contributed by atoms with Gasteiger partial charge in [0.05, 0.1) is 18.1 Å². The lowest BCUT2D eigenvalue weighted by molar-refractivity contribution is -0.127. The number of hydrogen-bond donors (Lipinski definition) is 1. The van der Waals surface area contributed by atoms with E-state index in [1.165, 1.54) is 0 Å². The minimum Gasteiger partial charge on any atom is -0.372 e. The highest BCUT2D eigenvalue weighted by Crippen LogP contribution is 2.15. The fourth-order valence-corrected chi connectivity index (χ4v) is 1.25. The van der Waals surface area contributed by atoms with E-state index in [1.54, 1.807) is 0 Å². The third-order valence-corrected chi connectivity index (χ3v) is 1.76. The average molecular weight is 201 g/mol. The zero-order valence-electron chi connectivity index (χ0n) is 10.0. The maximum absolute atomic E-state index is 11.3. The summed E-state index contributed by atoms with van der Waals surface area (Å²) in [6.45, 7) is 10.7. The Morgan fingerprint density at radius 3 is 2.29 bits per heavy atom. The van der Waals surface area contributed by atoms with Gasteiger partial charge in [-0.2, -0.15) is 0 Å². The molecule has 3 nitrogen and oxygen atoms in total. The van der Waals surface area contributed by atoms with Crippen LogP contribution in [0.25, 0.3) is 0 Å². The molecule has 0 bridgehead atoms. The van der Waals surface area contributed by atoms with Crippen molar-refractivity contribution in [2.24, 2.45) is 0 Å². The van der Waals surface area contributed by atoms with Gasteiger partial charge in [-0.1, -0.05) is 6.92 Å². The van der Waals surface area contributed by atoms with Gasteiger partial charge in [-0.15, -0.1) is 0 Å². The van der Waals surface area contributed by atoms with Gasteiger partial charge in [-0.05, 0) is 34.1 Å². The topological polar surface area (TPSA) is 38.3 Å². The Balaban J connectivity index is 3.97. The molecule has 0 spiro atoms. The molecule has 0 heterocycles. The van der Waals surface area contributed by atoms with Crippen LogP contribution in [0.15, 0.2) is 0 Å². The van der Waals surface area contributed by atoms with Crippen molar-refractivity contribution < 1.29 is 9.53 Å². The molecule has 0 aliphatic carbocycles. The first kappa shape index (κ1) is 13.4. The van der Waals surface area contributed by atoms with Crippen LogP contribution in [0.4, 0.5) is 0 Å². The first-order valence-electron chi connectivity index (χ1n) is 5.33. The number of rotatable bonds is 5. The molecule has 0 aromatic rings. The molecule has 3 heteroatoms. The van der Waals surface area contributed by atoms with Crippen LogP contribution in [0, 0.1) is 0 Å². The zero-order valence-corrected chi connectivity index (χ0v) is 10.0. The standard InChI is InChI=1S/C11H23NO2/c1-6-9(14-11(3,4)5)8-10(13)12-7-2/h9H,6-8H2,1-5H3,(H,12,13). The molecular weight excluding hydrogens is 178 g/mol. The lowest BCUT2D eigenvalue weighted by Gasteiger charge is -2.26. The molecule has 0 radical (unpaired) electrons. The van der Waals surface area contributed by atoms with Crippen molar-refractivity contribution >= 4 is 5.91 Å². The van der Waals surface area contributed by atoms with Crippen molar-refractivity contribution in [2.75, 3.05) is 6.54 Å². The Labute approximate surface area is 87.2 Å². The number of nitrogens with one attached hydrogen (secondary N) is 1. The molecule has 0 fully saturated rings. The molecular formula is C11H23NO2. The van der Waals surface area contributed by atoms with Gasteiger partial charge in [0.1, 0.15) is 0 Å². The van der Waals surface area contributed by atoms with Gasteiger partial charge in [0, 0.05) is 6.54 Å². The predicted octanol–water partition coefficient (Wildman–Crippen LogP) is 2.11. The molecule has 0 aromatic heterocycles. The highest BCUT2D eigenvalue weighted by molar-refractivity contribution is 5.76. The van der Waals surface area contributed by atoms with Crippen LogP contribution in [0.1, 0.15) is 47.5 Å². The Bertz CT molecular complexity index is 173. The summed E-state index contributed by atoms with van der Waals surface area (Å²) in [6.07, 6.45) is 1.36. The SMILES string of the molecule is CCNC(=O)CC(CC)OC(C)(C)C. The number of amides is 1. The lowest BCUT2D eigenvalue weighted by atomic mass is 10.1. The summed E-state index contributed by atoms with van der Waals surface area (Å²) in [5.74, 6) is 0.0728. The molecule has 0 aliphatic rings. The highest BCUT2D eigenvalue weighted by atomic mass is 16.5. The predicted molar refractivity (Wildman–Crippen MR) is 58.2 cm³/mol. The maximum Gasteiger partial charge on any atom is 0.222 e. The summed E-state index contributed by atoms with van der Waals surface area (Å²) < 4.78 is 5.74. The highest BCUT2D eigenvalue weighted by Gasteiger charge is 2.19. The summed E-state index contributed by atoms with van der Waals surface area (Å²) in [6, 6.07) is 0. The third kappa shape index (κ3) is 6.89. The molecule has 0 aromatic carbocycles. The smallest absolute Gasteiger partial charge is 0.222 e. The van der Waals surface area contributed by atoms with Gasteiger partial charge in [0.15, 0.2) is 0 Å². The fourth-order valence-electron chi connectivity index (χ4n) is 1.25. The largest absolute Gasteiger partial charge is 0.372 e. The van der Waals surface area contributed by atoms with E-state index >= 15 is 0 Å². The van der Waals surface area contributed by atoms with Crippen LogP contribution in [0.5, 0.6) is 0 Å². The first-order valence-corrected chi connectivity index (χ1v) is 5.33. The van der Waals surface area contributed by atoms with Crippen LogP contribution in [0.2, 0.25) is 0 Å². The quantitative estimate of drug-likeness (QED) is 0.739. The van der Waals surface area contributed by atoms with Gasteiger partial charge in [-0.25, -0.2) is 0 Å². The summed E-state index contributed by atoms with van der Waals surface area (Å²) in [4.78, 5) is 11.3. The molecule has 1 amide bonds.